The van der Waals surface area contributed by atoms with E-state index >= 15 is 0 Å². The number of nitrogens with two attached hydrogens (primary N) is 1. The number of pyridine rings is 1. The van der Waals surface area contributed by atoms with Crippen LogP contribution >= 0.6 is 0 Å². The molecule has 5 nitrogen and oxygen atoms in total. The first kappa shape index (κ1) is 13.6. The zero-order chi connectivity index (χ0) is 13.0. The Morgan fingerprint density at radius 1 is 1.53 bits per heavy atom. The standard InChI is InChI=1S/C12H18N2O3/c1-7(13)11(15)10-9(6-16-3)5-14-8(2)12(10)17-4/h5,7H,6,13H2,1-4H3. The molecule has 0 amide bonds. The molecular weight excluding hydrogens is 220 g/mol. The van der Waals surface area contributed by atoms with Crippen LogP contribution in [0.5, 0.6) is 5.75 Å². The maximum absolute atomic E-state index is 12.1. The van der Waals surface area contributed by atoms with Crippen molar-refractivity contribution in [3.05, 3.63) is 23.0 Å². The van der Waals surface area contributed by atoms with Crippen molar-refractivity contribution in [1.82, 2.24) is 4.98 Å². The summed E-state index contributed by atoms with van der Waals surface area (Å²) in [6.07, 6.45) is 1.62. The third-order valence-electron chi connectivity index (χ3n) is 2.45. The summed E-state index contributed by atoms with van der Waals surface area (Å²) >= 11 is 0. The van der Waals surface area contributed by atoms with Gasteiger partial charge < -0.3 is 15.2 Å². The molecule has 5 heteroatoms. The molecule has 0 saturated carbocycles. The predicted molar refractivity (Wildman–Crippen MR) is 64.2 cm³/mol. The zero-order valence-electron chi connectivity index (χ0n) is 10.6. The molecule has 1 heterocycles. The highest BCUT2D eigenvalue weighted by atomic mass is 16.5. The number of rotatable bonds is 5. The van der Waals surface area contributed by atoms with E-state index < -0.39 is 6.04 Å². The van der Waals surface area contributed by atoms with Gasteiger partial charge in [0.05, 0.1) is 31.0 Å². The molecule has 0 bridgehead atoms. The summed E-state index contributed by atoms with van der Waals surface area (Å²) in [6, 6.07) is -0.582. The quantitative estimate of drug-likeness (QED) is 0.777. The molecule has 0 aromatic carbocycles. The molecule has 1 atom stereocenters. The average molecular weight is 238 g/mol. The second kappa shape index (κ2) is 5.75. The van der Waals surface area contributed by atoms with Crippen LogP contribution in [0.2, 0.25) is 0 Å². The van der Waals surface area contributed by atoms with E-state index in [0.29, 0.717) is 29.2 Å². The third-order valence-corrected chi connectivity index (χ3v) is 2.45. The first-order valence-electron chi connectivity index (χ1n) is 5.34. The Balaban J connectivity index is 3.38. The van der Waals surface area contributed by atoms with E-state index in [1.807, 2.05) is 0 Å². The maximum Gasteiger partial charge on any atom is 0.183 e. The Kier molecular flexibility index (Phi) is 4.60. The van der Waals surface area contributed by atoms with Crippen LogP contribution < -0.4 is 10.5 Å². The van der Waals surface area contributed by atoms with E-state index in [2.05, 4.69) is 4.98 Å². The summed E-state index contributed by atoms with van der Waals surface area (Å²) in [4.78, 5) is 16.3. The van der Waals surface area contributed by atoms with Gasteiger partial charge >= 0.3 is 0 Å². The van der Waals surface area contributed by atoms with Gasteiger partial charge in [0.25, 0.3) is 0 Å². The van der Waals surface area contributed by atoms with Crippen LogP contribution in [0.3, 0.4) is 0 Å². The molecule has 0 aliphatic heterocycles. The van der Waals surface area contributed by atoms with Gasteiger partial charge in [0, 0.05) is 18.9 Å². The molecule has 0 saturated heterocycles. The number of nitrogens with zero attached hydrogens (tertiary/aromatic N) is 1. The molecule has 2 N–H and O–H groups in total. The largest absolute Gasteiger partial charge is 0.494 e. The van der Waals surface area contributed by atoms with Crippen molar-refractivity contribution >= 4 is 5.78 Å². The van der Waals surface area contributed by atoms with Gasteiger partial charge in [0.15, 0.2) is 11.5 Å². The number of Topliss-reactive ketones (excluding diaryl/α,β-unsaturated/α-hetero) is 1. The van der Waals surface area contributed by atoms with Crippen LogP contribution in [-0.2, 0) is 11.3 Å². The Bertz CT molecular complexity index is 416. The molecular formula is C12H18N2O3. The fraction of sp³-hybridized carbons (Fsp3) is 0.500. The lowest BCUT2D eigenvalue weighted by Gasteiger charge is -2.15. The van der Waals surface area contributed by atoms with Gasteiger partial charge in [-0.2, -0.15) is 0 Å². The predicted octanol–water partition coefficient (Wildman–Crippen LogP) is 1.07. The topological polar surface area (TPSA) is 74.4 Å². The normalized spacial score (nSPS) is 12.3. The van der Waals surface area contributed by atoms with Gasteiger partial charge in [-0.15, -0.1) is 0 Å². The van der Waals surface area contributed by atoms with Gasteiger partial charge in [0.2, 0.25) is 0 Å². The van der Waals surface area contributed by atoms with Crippen LogP contribution in [0.25, 0.3) is 0 Å². The van der Waals surface area contributed by atoms with Gasteiger partial charge in [0.1, 0.15) is 0 Å². The van der Waals surface area contributed by atoms with E-state index in [1.165, 1.54) is 7.11 Å². The van der Waals surface area contributed by atoms with Crippen LogP contribution in [0.4, 0.5) is 0 Å². The molecule has 1 unspecified atom stereocenters. The first-order valence-corrected chi connectivity index (χ1v) is 5.34. The molecule has 0 aliphatic rings. The Morgan fingerprint density at radius 2 is 2.18 bits per heavy atom. The maximum atomic E-state index is 12.1. The first-order chi connectivity index (χ1) is 8.02. The van der Waals surface area contributed by atoms with Gasteiger partial charge in [-0.25, -0.2) is 0 Å². The zero-order valence-corrected chi connectivity index (χ0v) is 10.6. The minimum absolute atomic E-state index is 0.167. The van der Waals surface area contributed by atoms with Crippen LogP contribution in [0.15, 0.2) is 6.20 Å². The number of ketones is 1. The molecule has 1 aromatic heterocycles. The summed E-state index contributed by atoms with van der Waals surface area (Å²) in [7, 11) is 3.07. The monoisotopic (exact) mass is 238 g/mol. The smallest absolute Gasteiger partial charge is 0.183 e. The Morgan fingerprint density at radius 3 is 2.65 bits per heavy atom. The van der Waals surface area contributed by atoms with Gasteiger partial charge in [-0.05, 0) is 13.8 Å². The molecule has 0 fully saturated rings. The van der Waals surface area contributed by atoms with Gasteiger partial charge in [-0.3, -0.25) is 9.78 Å². The molecule has 0 aliphatic carbocycles. The lowest BCUT2D eigenvalue weighted by molar-refractivity contribution is 0.0959. The highest BCUT2D eigenvalue weighted by molar-refractivity contribution is 6.03. The van der Waals surface area contributed by atoms with Crippen molar-refractivity contribution in [2.75, 3.05) is 14.2 Å². The van der Waals surface area contributed by atoms with Crippen LogP contribution in [-0.4, -0.2) is 31.0 Å². The summed E-state index contributed by atoms with van der Waals surface area (Å²) in [6.45, 7) is 3.74. The lowest BCUT2D eigenvalue weighted by Crippen LogP contribution is -2.28. The van der Waals surface area contributed by atoms with E-state index in [-0.39, 0.29) is 5.78 Å². The van der Waals surface area contributed by atoms with Crippen molar-refractivity contribution in [3.63, 3.8) is 0 Å². The Labute approximate surface area is 101 Å². The highest BCUT2D eigenvalue weighted by Crippen LogP contribution is 2.26. The van der Waals surface area contributed by atoms with Crippen molar-refractivity contribution in [1.29, 1.82) is 0 Å². The number of ether oxygens (including phenoxy) is 2. The average Bonchev–Trinajstić information content (AvgIpc) is 2.30. The van der Waals surface area contributed by atoms with Crippen LogP contribution in [0.1, 0.15) is 28.5 Å². The summed E-state index contributed by atoms with van der Waals surface area (Å²) in [5.41, 5.74) is 7.46. The fourth-order valence-corrected chi connectivity index (χ4v) is 1.64. The third kappa shape index (κ3) is 2.81. The fourth-order valence-electron chi connectivity index (χ4n) is 1.64. The summed E-state index contributed by atoms with van der Waals surface area (Å²) in [5, 5.41) is 0. The molecule has 94 valence electrons. The SMILES string of the molecule is COCc1cnc(C)c(OC)c1C(=O)C(C)N. The van der Waals surface area contributed by atoms with E-state index in [0.717, 1.165) is 0 Å². The minimum Gasteiger partial charge on any atom is -0.494 e. The molecule has 1 aromatic rings. The molecule has 0 spiro atoms. The van der Waals surface area contributed by atoms with Crippen molar-refractivity contribution in [2.24, 2.45) is 5.73 Å². The van der Waals surface area contributed by atoms with E-state index in [9.17, 15) is 4.79 Å². The lowest BCUT2D eigenvalue weighted by atomic mass is 10.00. The number of hydrogen-bond donors (Lipinski definition) is 1. The number of aromatic nitrogens is 1. The minimum atomic E-state index is -0.582. The van der Waals surface area contributed by atoms with Crippen molar-refractivity contribution in [2.45, 2.75) is 26.5 Å². The molecule has 1 rings (SSSR count). The number of aryl methyl sites for hydroxylation is 1. The molecule has 0 radical (unpaired) electrons. The van der Waals surface area contributed by atoms with Crippen molar-refractivity contribution < 1.29 is 14.3 Å². The number of hydrogen-bond acceptors (Lipinski definition) is 5. The van der Waals surface area contributed by atoms with E-state index in [4.69, 9.17) is 15.2 Å². The van der Waals surface area contributed by atoms with Crippen LogP contribution in [0, 0.1) is 6.92 Å². The Hall–Kier alpha value is -1.46. The summed E-state index contributed by atoms with van der Waals surface area (Å²) in [5.74, 6) is 0.307. The second-order valence-electron chi connectivity index (χ2n) is 3.86. The van der Waals surface area contributed by atoms with E-state index in [1.54, 1.807) is 27.2 Å². The highest BCUT2D eigenvalue weighted by Gasteiger charge is 2.22. The second-order valence-corrected chi connectivity index (χ2v) is 3.86. The summed E-state index contributed by atoms with van der Waals surface area (Å²) < 4.78 is 10.3. The van der Waals surface area contributed by atoms with Gasteiger partial charge in [-0.1, -0.05) is 0 Å². The number of methoxy groups -OCH3 is 2. The number of carbonyl (C=O) groups is 1. The number of carbonyl (C=O) groups excluding carboxylic acids is 1. The van der Waals surface area contributed by atoms with Crippen molar-refractivity contribution in [3.8, 4) is 5.75 Å². The molecule has 17 heavy (non-hydrogen) atoms.